The number of rotatable bonds is 0. The largest absolute Gasteiger partial charge is 0.484 e. The number of nitrogens with zero attached hydrogens (tertiary/aromatic N) is 1. The molecule has 1 fully saturated rings. The lowest BCUT2D eigenvalue weighted by Crippen LogP contribution is -2.61. The van der Waals surface area contributed by atoms with Crippen molar-refractivity contribution in [2.75, 3.05) is 19.8 Å². The second-order valence-electron chi connectivity index (χ2n) is 7.05. The number of aliphatic imine (C=N–C) groups is 1. The number of halogens is 2. The van der Waals surface area contributed by atoms with Crippen molar-refractivity contribution in [1.82, 2.24) is 0 Å². The van der Waals surface area contributed by atoms with Crippen molar-refractivity contribution in [3.63, 3.8) is 0 Å². The van der Waals surface area contributed by atoms with Crippen LogP contribution in [0.4, 0.5) is 4.39 Å². The molecule has 0 saturated carbocycles. The Morgan fingerprint density at radius 3 is 2.92 bits per heavy atom. The Balaban J connectivity index is 1.94. The van der Waals surface area contributed by atoms with Gasteiger partial charge in [0.2, 0.25) is 0 Å². The van der Waals surface area contributed by atoms with Gasteiger partial charge in [-0.3, -0.25) is 0 Å². The lowest BCUT2D eigenvalue weighted by Gasteiger charge is -2.53. The summed E-state index contributed by atoms with van der Waals surface area (Å²) in [5.74, 6) is 0.636. The first-order valence-corrected chi connectivity index (χ1v) is 8.89. The van der Waals surface area contributed by atoms with Crippen LogP contribution in [0.2, 0.25) is 0 Å². The van der Waals surface area contributed by atoms with E-state index < -0.39 is 16.8 Å². The molecule has 3 heterocycles. The van der Waals surface area contributed by atoms with Crippen LogP contribution in [0.25, 0.3) is 0 Å². The molecule has 1 aromatic carbocycles. The van der Waals surface area contributed by atoms with Crippen molar-refractivity contribution >= 4 is 22.0 Å². The summed E-state index contributed by atoms with van der Waals surface area (Å²) < 4.78 is 33.8. The van der Waals surface area contributed by atoms with Gasteiger partial charge in [-0.2, -0.15) is 0 Å². The average Bonchev–Trinajstić information content (AvgIpc) is 2.53. The zero-order chi connectivity index (χ0) is 17.0. The fourth-order valence-corrected chi connectivity index (χ4v) is 4.38. The highest BCUT2D eigenvalue weighted by Crippen LogP contribution is 2.56. The van der Waals surface area contributed by atoms with Crippen molar-refractivity contribution in [1.29, 1.82) is 0 Å². The molecule has 130 valence electrons. The SMILES string of the molecule is CC1(F)COC(N)=N[C@@]12C[C@]1(CCCOC1)Oc1ccc(Br)cc12. The van der Waals surface area contributed by atoms with Gasteiger partial charge in [0.25, 0.3) is 6.02 Å². The number of hydrogen-bond acceptors (Lipinski definition) is 5. The molecular weight excluding hydrogens is 379 g/mol. The van der Waals surface area contributed by atoms with Gasteiger partial charge in [0.1, 0.15) is 23.5 Å². The Hall–Kier alpha value is -1.34. The Labute approximate surface area is 148 Å². The van der Waals surface area contributed by atoms with Gasteiger partial charge in [-0.05, 0) is 38.0 Å². The number of benzene rings is 1. The first-order valence-electron chi connectivity index (χ1n) is 8.10. The number of nitrogens with two attached hydrogens (primary N) is 1. The third-order valence-electron chi connectivity index (χ3n) is 5.23. The van der Waals surface area contributed by atoms with E-state index in [1.54, 1.807) is 0 Å². The average molecular weight is 399 g/mol. The summed E-state index contributed by atoms with van der Waals surface area (Å²) in [5.41, 5.74) is 3.11. The minimum Gasteiger partial charge on any atom is -0.484 e. The molecule has 0 aliphatic carbocycles. The van der Waals surface area contributed by atoms with Crippen molar-refractivity contribution in [2.45, 2.75) is 43.0 Å². The van der Waals surface area contributed by atoms with Crippen LogP contribution in [-0.4, -0.2) is 37.1 Å². The smallest absolute Gasteiger partial charge is 0.283 e. The quantitative estimate of drug-likeness (QED) is 0.729. The van der Waals surface area contributed by atoms with E-state index in [4.69, 9.17) is 19.9 Å². The van der Waals surface area contributed by atoms with Crippen molar-refractivity contribution in [3.8, 4) is 5.75 Å². The predicted molar refractivity (Wildman–Crippen MR) is 90.9 cm³/mol. The fourth-order valence-electron chi connectivity index (χ4n) is 4.02. The zero-order valence-electron chi connectivity index (χ0n) is 13.5. The minimum absolute atomic E-state index is 0.0184. The van der Waals surface area contributed by atoms with Gasteiger partial charge in [0.15, 0.2) is 5.67 Å². The molecule has 1 aromatic rings. The number of amidine groups is 1. The Morgan fingerprint density at radius 1 is 1.33 bits per heavy atom. The molecule has 3 atom stereocenters. The predicted octanol–water partition coefficient (Wildman–Crippen LogP) is 3.05. The highest BCUT2D eigenvalue weighted by molar-refractivity contribution is 9.10. The van der Waals surface area contributed by atoms with Gasteiger partial charge in [-0.1, -0.05) is 15.9 Å². The van der Waals surface area contributed by atoms with E-state index >= 15 is 4.39 Å². The molecule has 7 heteroatoms. The Morgan fingerprint density at radius 2 is 2.17 bits per heavy atom. The summed E-state index contributed by atoms with van der Waals surface area (Å²) in [6, 6.07) is 5.63. The normalized spacial score (nSPS) is 38.2. The molecular formula is C17H20BrFN2O3. The van der Waals surface area contributed by atoms with Gasteiger partial charge in [-0.15, -0.1) is 0 Å². The molecule has 1 saturated heterocycles. The number of fused-ring (bicyclic) bond motifs is 2. The summed E-state index contributed by atoms with van der Waals surface area (Å²) in [6.07, 6.45) is 2.05. The van der Waals surface area contributed by atoms with Crippen LogP contribution in [0.3, 0.4) is 0 Å². The summed E-state index contributed by atoms with van der Waals surface area (Å²) in [6.45, 7) is 2.52. The van der Waals surface area contributed by atoms with Crippen LogP contribution < -0.4 is 10.5 Å². The highest BCUT2D eigenvalue weighted by Gasteiger charge is 2.62. The van der Waals surface area contributed by atoms with E-state index in [9.17, 15) is 0 Å². The number of hydrogen-bond donors (Lipinski definition) is 1. The first kappa shape index (κ1) is 16.1. The molecule has 0 bridgehead atoms. The standard InChI is InChI=1S/C17H20BrFN2O3/c1-15(19)9-23-14(20)21-17(15)8-16(5-2-6-22-10-16)24-13-4-3-11(18)7-12(13)17/h3-4,7H,2,5-6,8-10H2,1H3,(H2,20,21)/t15?,16-,17+/m0/s1. The van der Waals surface area contributed by atoms with Gasteiger partial charge < -0.3 is 19.9 Å². The first-order chi connectivity index (χ1) is 11.4. The second-order valence-corrected chi connectivity index (χ2v) is 7.97. The minimum atomic E-state index is -1.71. The number of ether oxygens (including phenoxy) is 3. The molecule has 1 unspecified atom stereocenters. The molecule has 2 spiro atoms. The van der Waals surface area contributed by atoms with Gasteiger partial charge in [0, 0.05) is 23.1 Å². The second kappa shape index (κ2) is 5.33. The van der Waals surface area contributed by atoms with Crippen molar-refractivity contribution in [3.05, 3.63) is 28.2 Å². The molecule has 0 aromatic heterocycles. The lowest BCUT2D eigenvalue weighted by atomic mass is 9.67. The Bertz CT molecular complexity index is 703. The van der Waals surface area contributed by atoms with Gasteiger partial charge >= 0.3 is 0 Å². The van der Waals surface area contributed by atoms with Crippen LogP contribution in [0.5, 0.6) is 5.75 Å². The molecule has 4 rings (SSSR count). The van der Waals surface area contributed by atoms with E-state index in [-0.39, 0.29) is 12.6 Å². The van der Waals surface area contributed by atoms with Crippen molar-refractivity contribution < 1.29 is 18.6 Å². The fraction of sp³-hybridized carbons (Fsp3) is 0.588. The van der Waals surface area contributed by atoms with E-state index in [1.165, 1.54) is 6.92 Å². The lowest BCUT2D eigenvalue weighted by molar-refractivity contribution is -0.123. The van der Waals surface area contributed by atoms with Crippen molar-refractivity contribution in [2.24, 2.45) is 10.7 Å². The summed E-state index contributed by atoms with van der Waals surface area (Å²) in [7, 11) is 0. The maximum Gasteiger partial charge on any atom is 0.283 e. The van der Waals surface area contributed by atoms with Gasteiger partial charge in [0.05, 0.1) is 6.61 Å². The van der Waals surface area contributed by atoms with Crippen LogP contribution >= 0.6 is 15.9 Å². The summed E-state index contributed by atoms with van der Waals surface area (Å²) >= 11 is 3.47. The molecule has 2 N–H and O–H groups in total. The number of alkyl halides is 1. The molecule has 5 nitrogen and oxygen atoms in total. The topological polar surface area (TPSA) is 66.1 Å². The molecule has 24 heavy (non-hydrogen) atoms. The highest BCUT2D eigenvalue weighted by atomic mass is 79.9. The third-order valence-corrected chi connectivity index (χ3v) is 5.73. The van der Waals surface area contributed by atoms with Crippen LogP contribution in [0, 0.1) is 0 Å². The molecule has 0 amide bonds. The van der Waals surface area contributed by atoms with Gasteiger partial charge in [-0.25, -0.2) is 9.38 Å². The van der Waals surface area contributed by atoms with E-state index in [0.29, 0.717) is 30.9 Å². The van der Waals surface area contributed by atoms with E-state index in [0.717, 1.165) is 17.3 Å². The van der Waals surface area contributed by atoms with Crippen LogP contribution in [-0.2, 0) is 15.0 Å². The summed E-state index contributed by atoms with van der Waals surface area (Å²) in [5, 5.41) is 0. The van der Waals surface area contributed by atoms with E-state index in [1.807, 2.05) is 18.2 Å². The molecule has 3 aliphatic heterocycles. The van der Waals surface area contributed by atoms with Crippen LogP contribution in [0.1, 0.15) is 31.7 Å². The monoisotopic (exact) mass is 398 g/mol. The van der Waals surface area contributed by atoms with E-state index in [2.05, 4.69) is 20.9 Å². The third kappa shape index (κ3) is 2.32. The van der Waals surface area contributed by atoms with Crippen LogP contribution in [0.15, 0.2) is 27.7 Å². The maximum absolute atomic E-state index is 15.7. The molecule has 3 aliphatic rings. The Kier molecular flexibility index (Phi) is 3.58. The summed E-state index contributed by atoms with van der Waals surface area (Å²) in [4.78, 5) is 4.50. The zero-order valence-corrected chi connectivity index (χ0v) is 15.1. The molecule has 0 radical (unpaired) electrons. The maximum atomic E-state index is 15.7.